The molecule has 34 heavy (non-hydrogen) atoms. The second kappa shape index (κ2) is 10.4. The van der Waals surface area contributed by atoms with Gasteiger partial charge in [0.2, 0.25) is 0 Å². The van der Waals surface area contributed by atoms with Gasteiger partial charge in [-0.15, -0.1) is 0 Å². The van der Waals surface area contributed by atoms with Gasteiger partial charge in [0.05, 0.1) is 12.6 Å². The van der Waals surface area contributed by atoms with Crippen LogP contribution < -0.4 is 5.32 Å². The summed E-state index contributed by atoms with van der Waals surface area (Å²) >= 11 is 0. The number of hydrogen-bond acceptors (Lipinski definition) is 4. The molecule has 0 spiro atoms. The van der Waals surface area contributed by atoms with Crippen LogP contribution in [-0.2, 0) is 11.3 Å². The van der Waals surface area contributed by atoms with Gasteiger partial charge in [-0.1, -0.05) is 60.7 Å². The first kappa shape index (κ1) is 21.9. The Labute approximate surface area is 199 Å². The number of nitrogens with one attached hydrogen (secondary N) is 1. The van der Waals surface area contributed by atoms with E-state index in [9.17, 15) is 4.79 Å². The summed E-state index contributed by atoms with van der Waals surface area (Å²) < 4.78 is 8.03. The van der Waals surface area contributed by atoms with E-state index in [0.717, 1.165) is 36.9 Å². The van der Waals surface area contributed by atoms with Gasteiger partial charge in [-0.25, -0.2) is 9.78 Å². The van der Waals surface area contributed by atoms with Crippen molar-refractivity contribution < 1.29 is 9.53 Å². The fraction of sp³-hybridized carbons (Fsp3) is 0.296. The Morgan fingerprint density at radius 3 is 2.41 bits per heavy atom. The van der Waals surface area contributed by atoms with Crippen molar-refractivity contribution in [1.82, 2.24) is 19.8 Å². The molecule has 7 heteroatoms. The molecular formula is C27H29N5O2. The second-order valence-electron chi connectivity index (χ2n) is 8.58. The Morgan fingerprint density at radius 2 is 1.79 bits per heavy atom. The van der Waals surface area contributed by atoms with E-state index in [1.54, 1.807) is 18.8 Å². The zero-order chi connectivity index (χ0) is 23.2. The maximum Gasteiger partial charge on any atom is 0.323 e. The highest BCUT2D eigenvalue weighted by atomic mass is 16.5. The van der Waals surface area contributed by atoms with Crippen LogP contribution in [0.4, 0.5) is 4.79 Å². The van der Waals surface area contributed by atoms with Crippen LogP contribution in [0, 0.1) is 0 Å². The number of urea groups is 1. The third-order valence-corrected chi connectivity index (χ3v) is 6.30. The van der Waals surface area contributed by atoms with E-state index in [-0.39, 0.29) is 24.2 Å². The molecule has 2 unspecified atom stereocenters. The summed E-state index contributed by atoms with van der Waals surface area (Å²) in [5.41, 5.74) is 2.16. The third-order valence-electron chi connectivity index (χ3n) is 6.30. The quantitative estimate of drug-likeness (QED) is 0.542. The summed E-state index contributed by atoms with van der Waals surface area (Å²) in [6, 6.07) is 19.8. The van der Waals surface area contributed by atoms with Crippen molar-refractivity contribution in [2.45, 2.75) is 44.0 Å². The van der Waals surface area contributed by atoms with Gasteiger partial charge in [0.15, 0.2) is 0 Å². The van der Waals surface area contributed by atoms with E-state index in [0.29, 0.717) is 12.4 Å². The minimum atomic E-state index is -0.254. The predicted molar refractivity (Wildman–Crippen MR) is 131 cm³/mol. The average Bonchev–Trinajstić information content (AvgIpc) is 3.52. The first-order valence-electron chi connectivity index (χ1n) is 11.8. The molecule has 0 saturated carbocycles. The lowest BCUT2D eigenvalue weighted by Gasteiger charge is -2.31. The van der Waals surface area contributed by atoms with E-state index in [2.05, 4.69) is 34.6 Å². The fourth-order valence-corrected chi connectivity index (χ4v) is 4.63. The summed E-state index contributed by atoms with van der Waals surface area (Å²) in [6.45, 7) is 1.41. The number of aromatic nitrogens is 2. The number of nitrogens with zero attached hydrogens (tertiary/aromatic N) is 4. The molecule has 1 aromatic heterocycles. The largest absolute Gasteiger partial charge is 0.496 e. The number of allylic oxidation sites excluding steroid dienone is 1. The van der Waals surface area contributed by atoms with Gasteiger partial charge >= 0.3 is 6.03 Å². The SMILES string of the molecule is O=C1NC(=NC(c2ccccc2)c2ccccc2)C(C2CCC=CO2)N1CCCn1ccnc1. The topological polar surface area (TPSA) is 71.8 Å². The Hall–Kier alpha value is -3.87. The predicted octanol–water partition coefficient (Wildman–Crippen LogP) is 4.55. The highest BCUT2D eigenvalue weighted by molar-refractivity contribution is 6.07. The molecule has 3 heterocycles. The number of amidine groups is 1. The molecule has 2 amide bonds. The van der Waals surface area contributed by atoms with Crippen molar-refractivity contribution in [2.75, 3.05) is 6.54 Å². The van der Waals surface area contributed by atoms with Gasteiger partial charge in [0.25, 0.3) is 0 Å². The van der Waals surface area contributed by atoms with Crippen molar-refractivity contribution in [3.63, 3.8) is 0 Å². The Kier molecular flexibility index (Phi) is 6.70. The molecule has 1 saturated heterocycles. The molecule has 1 fully saturated rings. The summed E-state index contributed by atoms with van der Waals surface area (Å²) in [4.78, 5) is 24.3. The van der Waals surface area contributed by atoms with Crippen LogP contribution in [0.15, 0.2) is 96.7 Å². The maximum atomic E-state index is 13.1. The van der Waals surface area contributed by atoms with E-state index in [1.807, 2.05) is 58.1 Å². The number of carbonyl (C=O) groups is 1. The van der Waals surface area contributed by atoms with E-state index < -0.39 is 0 Å². The minimum absolute atomic E-state index is 0.118. The third kappa shape index (κ3) is 4.88. The molecule has 0 radical (unpaired) electrons. The number of hydrogen-bond donors (Lipinski definition) is 1. The van der Waals surface area contributed by atoms with Crippen LogP contribution in [0.25, 0.3) is 0 Å². The number of carbonyl (C=O) groups excluding carboxylic acids is 1. The van der Waals surface area contributed by atoms with Crippen LogP contribution in [0.5, 0.6) is 0 Å². The van der Waals surface area contributed by atoms with Gasteiger partial charge in [0.1, 0.15) is 24.0 Å². The summed E-state index contributed by atoms with van der Waals surface area (Å²) in [6.07, 6.45) is 11.7. The van der Waals surface area contributed by atoms with Crippen molar-refractivity contribution in [3.8, 4) is 0 Å². The molecule has 0 aliphatic carbocycles. The van der Waals surface area contributed by atoms with Gasteiger partial charge in [0, 0.05) is 25.5 Å². The average molecular weight is 456 g/mol. The number of imidazole rings is 1. The van der Waals surface area contributed by atoms with Crippen LogP contribution in [0.2, 0.25) is 0 Å². The van der Waals surface area contributed by atoms with E-state index >= 15 is 0 Å². The lowest BCUT2D eigenvalue weighted by molar-refractivity contribution is 0.0729. The van der Waals surface area contributed by atoms with E-state index in [1.165, 1.54) is 0 Å². The molecule has 1 N–H and O–H groups in total. The smallest absolute Gasteiger partial charge is 0.323 e. The normalized spacial score (nSPS) is 21.1. The molecule has 3 aromatic rings. The van der Waals surface area contributed by atoms with Crippen molar-refractivity contribution in [3.05, 3.63) is 103 Å². The molecule has 0 bridgehead atoms. The highest BCUT2D eigenvalue weighted by Gasteiger charge is 2.43. The first-order chi connectivity index (χ1) is 16.8. The lowest BCUT2D eigenvalue weighted by atomic mass is 9.98. The zero-order valence-electron chi connectivity index (χ0n) is 19.0. The lowest BCUT2D eigenvalue weighted by Crippen LogP contribution is -2.46. The summed E-state index contributed by atoms with van der Waals surface area (Å²) in [7, 11) is 0. The van der Waals surface area contributed by atoms with Crippen molar-refractivity contribution >= 4 is 11.9 Å². The Morgan fingerprint density at radius 1 is 1.06 bits per heavy atom. The standard InChI is InChI=1S/C27H29N5O2/c33-27-30-26(29-24(21-10-3-1-4-11-21)22-12-5-2-6-13-22)25(23-14-7-8-19-34-23)32(27)17-9-16-31-18-15-28-20-31/h1-6,8,10-13,15,18-20,23-25H,7,9,14,16-17H2,(H,29,30,33). The van der Waals surface area contributed by atoms with Gasteiger partial charge < -0.3 is 14.2 Å². The van der Waals surface area contributed by atoms with Crippen LogP contribution >= 0.6 is 0 Å². The molecular weight excluding hydrogens is 426 g/mol. The Bertz CT molecular complexity index is 1090. The molecule has 2 aromatic carbocycles. The van der Waals surface area contributed by atoms with Crippen molar-refractivity contribution in [2.24, 2.45) is 4.99 Å². The molecule has 2 aliphatic heterocycles. The number of aryl methyl sites for hydroxylation is 1. The van der Waals surface area contributed by atoms with Crippen molar-refractivity contribution in [1.29, 1.82) is 0 Å². The summed E-state index contributed by atoms with van der Waals surface area (Å²) in [5.74, 6) is 0.672. The fourth-order valence-electron chi connectivity index (χ4n) is 4.63. The molecule has 174 valence electrons. The highest BCUT2D eigenvalue weighted by Crippen LogP contribution is 2.29. The van der Waals surface area contributed by atoms with Crippen LogP contribution in [0.3, 0.4) is 0 Å². The number of ether oxygens (including phenoxy) is 1. The number of amides is 2. The minimum Gasteiger partial charge on any atom is -0.496 e. The van der Waals surface area contributed by atoms with Gasteiger partial charge in [-0.05, 0) is 36.5 Å². The maximum absolute atomic E-state index is 13.1. The monoisotopic (exact) mass is 455 g/mol. The van der Waals surface area contributed by atoms with Crippen LogP contribution in [-0.4, -0.2) is 45.0 Å². The number of rotatable bonds is 8. The molecule has 2 aliphatic rings. The summed E-state index contributed by atoms with van der Waals surface area (Å²) in [5, 5.41) is 3.08. The molecule has 2 atom stereocenters. The first-order valence-corrected chi connectivity index (χ1v) is 11.8. The number of aliphatic imine (C=N–C) groups is 1. The number of benzene rings is 2. The van der Waals surface area contributed by atoms with E-state index in [4.69, 9.17) is 9.73 Å². The Balaban J connectivity index is 1.46. The zero-order valence-corrected chi connectivity index (χ0v) is 19.0. The molecule has 5 rings (SSSR count). The van der Waals surface area contributed by atoms with Gasteiger partial charge in [-0.3, -0.25) is 10.3 Å². The second-order valence-corrected chi connectivity index (χ2v) is 8.58. The van der Waals surface area contributed by atoms with Gasteiger partial charge in [-0.2, -0.15) is 0 Å². The molecule has 7 nitrogen and oxygen atoms in total. The van der Waals surface area contributed by atoms with Crippen LogP contribution in [0.1, 0.15) is 36.4 Å².